The molecule has 0 bridgehead atoms. The molecule has 0 saturated carbocycles. The van der Waals surface area contributed by atoms with Gasteiger partial charge in [0.25, 0.3) is 0 Å². The predicted molar refractivity (Wildman–Crippen MR) is 114 cm³/mol. The summed E-state index contributed by atoms with van der Waals surface area (Å²) in [4.78, 5) is 0. The Bertz CT molecular complexity index is 535. The molecule has 1 atom stereocenters. The number of benzene rings is 1. The van der Waals surface area contributed by atoms with Crippen molar-refractivity contribution in [3.05, 3.63) is 24.3 Å². The minimum Gasteiger partial charge on any atom is -0.399 e. The molecule has 0 radical (unpaired) electrons. The third kappa shape index (κ3) is 8.41. The number of nitrogens with two attached hydrogens (primary N) is 1. The van der Waals surface area contributed by atoms with Crippen molar-refractivity contribution in [2.24, 2.45) is 0 Å². The van der Waals surface area contributed by atoms with Gasteiger partial charge in [0.05, 0.1) is 13.2 Å². The van der Waals surface area contributed by atoms with Crippen molar-refractivity contribution in [2.75, 3.05) is 68.2 Å². The van der Waals surface area contributed by atoms with Crippen molar-refractivity contribution in [3.8, 4) is 0 Å². The fourth-order valence-corrected chi connectivity index (χ4v) is 6.09. The van der Waals surface area contributed by atoms with Crippen LogP contribution in [0.15, 0.2) is 24.3 Å². The highest BCUT2D eigenvalue weighted by atomic mass is 28.4. The van der Waals surface area contributed by atoms with Crippen LogP contribution < -0.4 is 10.9 Å². The molecule has 9 nitrogen and oxygen atoms in total. The third-order valence-corrected chi connectivity index (χ3v) is 9.97. The summed E-state index contributed by atoms with van der Waals surface area (Å²) in [5, 5.41) is 0.902. The zero-order chi connectivity index (χ0) is 21.8. The van der Waals surface area contributed by atoms with Crippen LogP contribution in [0.3, 0.4) is 0 Å². The van der Waals surface area contributed by atoms with E-state index in [1.54, 1.807) is 54.8 Å². The number of nitrogen functional groups attached to an aromatic ring is 1. The Labute approximate surface area is 176 Å². The number of hydrogen-bond acceptors (Lipinski definition) is 9. The van der Waals surface area contributed by atoms with Gasteiger partial charge in [-0.25, -0.2) is 0 Å². The first-order chi connectivity index (χ1) is 13.9. The molecule has 1 aromatic rings. The predicted octanol–water partition coefficient (Wildman–Crippen LogP) is 1.02. The van der Waals surface area contributed by atoms with Gasteiger partial charge in [0.15, 0.2) is 0 Å². The molecule has 0 aromatic heterocycles. The number of epoxide rings is 1. The summed E-state index contributed by atoms with van der Waals surface area (Å²) in [5.74, 6) is 0. The Hall–Kier alpha value is -0.866. The first-order valence-corrected chi connectivity index (χ1v) is 13.0. The largest absolute Gasteiger partial charge is 0.536 e. The van der Waals surface area contributed by atoms with Gasteiger partial charge in [0, 0.05) is 66.2 Å². The summed E-state index contributed by atoms with van der Waals surface area (Å²) < 4.78 is 42.3. The number of ether oxygens (including phenoxy) is 2. The summed E-state index contributed by atoms with van der Waals surface area (Å²) in [6, 6.07) is 8.10. The quantitative estimate of drug-likeness (QED) is 0.205. The van der Waals surface area contributed by atoms with Gasteiger partial charge >= 0.3 is 17.6 Å². The molecule has 0 spiro atoms. The molecule has 168 valence electrons. The molecule has 1 heterocycles. The van der Waals surface area contributed by atoms with E-state index >= 15 is 0 Å². The highest BCUT2D eigenvalue weighted by Gasteiger charge is 2.40. The molecule has 1 aliphatic heterocycles. The van der Waals surface area contributed by atoms with Crippen LogP contribution in [0.2, 0.25) is 6.04 Å². The molecule has 29 heavy (non-hydrogen) atoms. The van der Waals surface area contributed by atoms with Crippen LogP contribution in [0.1, 0.15) is 6.42 Å². The van der Waals surface area contributed by atoms with Crippen LogP contribution in [0.25, 0.3) is 0 Å². The number of hydrogen-bond donors (Lipinski definition) is 1. The molecule has 1 unspecified atom stereocenters. The van der Waals surface area contributed by atoms with Crippen molar-refractivity contribution in [1.29, 1.82) is 0 Å². The van der Waals surface area contributed by atoms with E-state index in [1.165, 1.54) is 0 Å². The average Bonchev–Trinajstić information content (AvgIpc) is 3.59. The van der Waals surface area contributed by atoms with Gasteiger partial charge in [-0.15, -0.1) is 0 Å². The first kappa shape index (κ1) is 26.2. The van der Waals surface area contributed by atoms with Gasteiger partial charge in [-0.3, -0.25) is 0 Å². The number of anilines is 1. The Balaban J connectivity index is 0.000000291. The zero-order valence-electron chi connectivity index (χ0n) is 18.3. The van der Waals surface area contributed by atoms with Crippen LogP contribution in [-0.2, 0) is 36.0 Å². The van der Waals surface area contributed by atoms with E-state index in [-0.39, 0.29) is 0 Å². The monoisotopic (exact) mass is 449 g/mol. The lowest BCUT2D eigenvalue weighted by Crippen LogP contribution is -2.54. The van der Waals surface area contributed by atoms with Crippen LogP contribution in [-0.4, -0.2) is 86.2 Å². The molecular formula is C18H35NO8Si2. The highest BCUT2D eigenvalue weighted by Crippen LogP contribution is 2.15. The lowest BCUT2D eigenvalue weighted by Gasteiger charge is -2.24. The van der Waals surface area contributed by atoms with Gasteiger partial charge in [-0.1, -0.05) is 12.1 Å². The van der Waals surface area contributed by atoms with Crippen LogP contribution in [0.5, 0.6) is 0 Å². The minimum atomic E-state index is -2.67. The Kier molecular flexibility index (Phi) is 12.1. The molecular weight excluding hydrogens is 414 g/mol. The molecule has 11 heteroatoms. The standard InChI is InChI=1S/C9H15NO3Si.C9H20O5Si/c1-11-14(12-2,13-3)9-6-4-8(10)5-7-9;1-10-15(11-2,12-3)6-4-5-13-7-9-8-14-9/h4-7H,10H2,1-3H3;9H,4-8H2,1-3H3. The highest BCUT2D eigenvalue weighted by molar-refractivity contribution is 6.75. The van der Waals surface area contributed by atoms with Gasteiger partial charge in [0.2, 0.25) is 0 Å². The minimum absolute atomic E-state index is 0.333. The van der Waals surface area contributed by atoms with Crippen molar-refractivity contribution in [3.63, 3.8) is 0 Å². The van der Waals surface area contributed by atoms with Crippen LogP contribution in [0.4, 0.5) is 5.69 Å². The van der Waals surface area contributed by atoms with E-state index in [0.29, 0.717) is 25.0 Å². The fourth-order valence-electron chi connectivity index (χ4n) is 2.62. The molecule has 0 aliphatic carbocycles. The van der Waals surface area contributed by atoms with Gasteiger partial charge in [-0.2, -0.15) is 0 Å². The van der Waals surface area contributed by atoms with Crippen molar-refractivity contribution in [1.82, 2.24) is 0 Å². The van der Waals surface area contributed by atoms with Crippen LogP contribution >= 0.6 is 0 Å². The summed E-state index contributed by atoms with van der Waals surface area (Å²) in [7, 11) is 4.54. The summed E-state index contributed by atoms with van der Waals surface area (Å²) in [6.07, 6.45) is 1.22. The van der Waals surface area contributed by atoms with Crippen molar-refractivity contribution >= 4 is 28.5 Å². The fraction of sp³-hybridized carbons (Fsp3) is 0.667. The topological polar surface area (TPSA) is 103 Å². The summed E-state index contributed by atoms with van der Waals surface area (Å²) in [6.45, 7) is 2.24. The maximum absolute atomic E-state index is 5.59. The van der Waals surface area contributed by atoms with Gasteiger partial charge < -0.3 is 41.8 Å². The van der Waals surface area contributed by atoms with E-state index in [2.05, 4.69) is 0 Å². The lowest BCUT2D eigenvalue weighted by atomic mass is 10.3. The second-order valence-electron chi connectivity index (χ2n) is 6.22. The number of rotatable bonds is 13. The smallest absolute Gasteiger partial charge is 0.399 e. The molecule has 0 amide bonds. The maximum atomic E-state index is 5.59. The van der Waals surface area contributed by atoms with Gasteiger partial charge in [0.1, 0.15) is 6.10 Å². The van der Waals surface area contributed by atoms with E-state index in [4.69, 9.17) is 41.8 Å². The average molecular weight is 450 g/mol. The van der Waals surface area contributed by atoms with E-state index in [1.807, 2.05) is 12.1 Å². The molecule has 1 fully saturated rings. The first-order valence-electron chi connectivity index (χ1n) is 9.31. The van der Waals surface area contributed by atoms with Gasteiger partial charge in [-0.05, 0) is 18.6 Å². The summed E-state index contributed by atoms with van der Waals surface area (Å²) in [5.41, 5.74) is 6.30. The maximum Gasteiger partial charge on any atom is 0.536 e. The molecule has 1 aromatic carbocycles. The van der Waals surface area contributed by atoms with Crippen molar-refractivity contribution < 1.29 is 36.0 Å². The van der Waals surface area contributed by atoms with Crippen molar-refractivity contribution in [2.45, 2.75) is 18.6 Å². The third-order valence-electron chi connectivity index (χ3n) is 4.48. The molecule has 2 N–H and O–H groups in total. The van der Waals surface area contributed by atoms with E-state index < -0.39 is 17.6 Å². The van der Waals surface area contributed by atoms with Crippen LogP contribution in [0, 0.1) is 0 Å². The Morgan fingerprint density at radius 2 is 1.41 bits per heavy atom. The molecule has 1 aliphatic rings. The second-order valence-corrected chi connectivity index (χ2v) is 12.2. The zero-order valence-corrected chi connectivity index (χ0v) is 20.3. The SMILES string of the molecule is CO[Si](CCCOCC1CO1)(OC)OC.CO[Si](OC)(OC)c1ccc(N)cc1. The molecule has 1 saturated heterocycles. The Morgan fingerprint density at radius 3 is 1.83 bits per heavy atom. The molecule has 2 rings (SSSR count). The van der Waals surface area contributed by atoms with E-state index in [9.17, 15) is 0 Å². The summed E-state index contributed by atoms with van der Waals surface area (Å²) >= 11 is 0. The Morgan fingerprint density at radius 1 is 0.897 bits per heavy atom. The second kappa shape index (κ2) is 13.4. The van der Waals surface area contributed by atoms with E-state index in [0.717, 1.165) is 24.3 Å². The normalized spacial score (nSPS) is 16.3. The lowest BCUT2D eigenvalue weighted by molar-refractivity contribution is 0.100.